The highest BCUT2D eigenvalue weighted by atomic mass is 16.5. The first-order valence-corrected chi connectivity index (χ1v) is 5.76. The van der Waals surface area contributed by atoms with Gasteiger partial charge in [0.1, 0.15) is 6.29 Å². The van der Waals surface area contributed by atoms with Gasteiger partial charge in [-0.05, 0) is 19.3 Å². The Hall–Kier alpha value is -0.860. The van der Waals surface area contributed by atoms with Gasteiger partial charge in [-0.25, -0.2) is 0 Å². The molecule has 0 N–H and O–H groups in total. The summed E-state index contributed by atoms with van der Waals surface area (Å²) in [6.45, 7) is 2.15. The van der Waals surface area contributed by atoms with Gasteiger partial charge in [0.05, 0.1) is 7.11 Å². The number of methoxy groups -OCH3 is 1. The average Bonchev–Trinajstić information content (AvgIpc) is 2.26. The molecule has 15 heavy (non-hydrogen) atoms. The minimum Gasteiger partial charge on any atom is -0.469 e. The zero-order valence-electron chi connectivity index (χ0n) is 9.83. The third kappa shape index (κ3) is 8.16. The maximum absolute atomic E-state index is 10.8. The lowest BCUT2D eigenvalue weighted by molar-refractivity contribution is -0.140. The Bertz CT molecular complexity index is 178. The van der Waals surface area contributed by atoms with Crippen LogP contribution in [0.3, 0.4) is 0 Å². The molecule has 1 atom stereocenters. The monoisotopic (exact) mass is 214 g/mol. The Morgan fingerprint density at radius 1 is 1.27 bits per heavy atom. The van der Waals surface area contributed by atoms with Crippen LogP contribution in [0.2, 0.25) is 0 Å². The van der Waals surface area contributed by atoms with Crippen molar-refractivity contribution in [1.29, 1.82) is 0 Å². The fourth-order valence-corrected chi connectivity index (χ4v) is 1.55. The second-order valence-electron chi connectivity index (χ2n) is 3.86. The summed E-state index contributed by atoms with van der Waals surface area (Å²) in [4.78, 5) is 21.6. The molecule has 0 aliphatic rings. The lowest BCUT2D eigenvalue weighted by Gasteiger charge is -2.08. The standard InChI is InChI=1S/C12H22O3/c1-3-4-5-7-11(10-13)8-6-9-12(14)15-2/h10-11H,3-9H2,1-2H3. The van der Waals surface area contributed by atoms with Crippen molar-refractivity contribution in [3.8, 4) is 0 Å². The number of esters is 1. The smallest absolute Gasteiger partial charge is 0.305 e. The molecule has 0 saturated heterocycles. The van der Waals surface area contributed by atoms with E-state index in [1.54, 1.807) is 0 Å². The van der Waals surface area contributed by atoms with Crippen molar-refractivity contribution in [3.05, 3.63) is 0 Å². The SMILES string of the molecule is CCCCCC(C=O)CCCC(=O)OC. The summed E-state index contributed by atoms with van der Waals surface area (Å²) in [5, 5.41) is 0. The van der Waals surface area contributed by atoms with Gasteiger partial charge < -0.3 is 9.53 Å². The van der Waals surface area contributed by atoms with E-state index >= 15 is 0 Å². The van der Waals surface area contributed by atoms with Crippen LogP contribution in [-0.4, -0.2) is 19.4 Å². The minimum absolute atomic E-state index is 0.126. The van der Waals surface area contributed by atoms with Crippen LogP contribution in [0.1, 0.15) is 51.9 Å². The first kappa shape index (κ1) is 14.1. The summed E-state index contributed by atoms with van der Waals surface area (Å²) >= 11 is 0. The second kappa shape index (κ2) is 9.69. The van der Waals surface area contributed by atoms with Crippen LogP contribution in [0.5, 0.6) is 0 Å². The van der Waals surface area contributed by atoms with E-state index in [4.69, 9.17) is 0 Å². The highest BCUT2D eigenvalue weighted by molar-refractivity contribution is 5.69. The Morgan fingerprint density at radius 2 is 1.93 bits per heavy atom. The van der Waals surface area contributed by atoms with E-state index in [1.165, 1.54) is 20.0 Å². The normalized spacial score (nSPS) is 12.1. The van der Waals surface area contributed by atoms with Crippen LogP contribution in [0.4, 0.5) is 0 Å². The molecule has 0 aromatic rings. The lowest BCUT2D eigenvalue weighted by Crippen LogP contribution is -2.05. The number of carbonyl (C=O) groups is 2. The zero-order chi connectivity index (χ0) is 11.5. The van der Waals surface area contributed by atoms with E-state index < -0.39 is 0 Å². The topological polar surface area (TPSA) is 43.4 Å². The Morgan fingerprint density at radius 3 is 2.47 bits per heavy atom. The van der Waals surface area contributed by atoms with E-state index in [9.17, 15) is 9.59 Å². The van der Waals surface area contributed by atoms with Gasteiger partial charge in [0.25, 0.3) is 0 Å². The molecule has 0 spiro atoms. The van der Waals surface area contributed by atoms with Gasteiger partial charge in [-0.1, -0.05) is 26.2 Å². The van der Waals surface area contributed by atoms with Crippen LogP contribution in [0, 0.1) is 5.92 Å². The molecule has 0 aromatic heterocycles. The van der Waals surface area contributed by atoms with Crippen LogP contribution < -0.4 is 0 Å². The molecule has 0 radical (unpaired) electrons. The Kier molecular flexibility index (Phi) is 9.13. The van der Waals surface area contributed by atoms with E-state index in [2.05, 4.69) is 11.7 Å². The molecule has 0 aliphatic carbocycles. The van der Waals surface area contributed by atoms with Crippen molar-refractivity contribution in [3.63, 3.8) is 0 Å². The molecule has 1 unspecified atom stereocenters. The molecule has 3 nitrogen and oxygen atoms in total. The molecule has 0 bridgehead atoms. The van der Waals surface area contributed by atoms with E-state index in [1.807, 2.05) is 0 Å². The van der Waals surface area contributed by atoms with Gasteiger partial charge in [0.2, 0.25) is 0 Å². The quantitative estimate of drug-likeness (QED) is 0.337. The van der Waals surface area contributed by atoms with Crippen LogP contribution in [0.25, 0.3) is 0 Å². The third-order valence-electron chi connectivity index (χ3n) is 2.55. The molecule has 0 saturated carbocycles. The number of aldehydes is 1. The predicted molar refractivity (Wildman–Crippen MR) is 59.6 cm³/mol. The summed E-state index contributed by atoms with van der Waals surface area (Å²) in [5.41, 5.74) is 0. The summed E-state index contributed by atoms with van der Waals surface area (Å²) < 4.78 is 4.54. The predicted octanol–water partition coefficient (Wildman–Crippen LogP) is 2.73. The van der Waals surface area contributed by atoms with Crippen molar-refractivity contribution in [2.24, 2.45) is 5.92 Å². The van der Waals surface area contributed by atoms with Crippen molar-refractivity contribution >= 4 is 12.3 Å². The van der Waals surface area contributed by atoms with E-state index in [-0.39, 0.29) is 11.9 Å². The molecular weight excluding hydrogens is 192 g/mol. The summed E-state index contributed by atoms with van der Waals surface area (Å²) in [7, 11) is 1.39. The average molecular weight is 214 g/mol. The van der Waals surface area contributed by atoms with Crippen molar-refractivity contribution in [2.75, 3.05) is 7.11 Å². The maximum atomic E-state index is 10.8. The molecule has 0 aromatic carbocycles. The number of unbranched alkanes of at least 4 members (excludes halogenated alkanes) is 2. The van der Waals surface area contributed by atoms with Gasteiger partial charge in [0.15, 0.2) is 0 Å². The van der Waals surface area contributed by atoms with Gasteiger partial charge >= 0.3 is 5.97 Å². The minimum atomic E-state index is -0.187. The largest absolute Gasteiger partial charge is 0.469 e. The van der Waals surface area contributed by atoms with Gasteiger partial charge in [-0.15, -0.1) is 0 Å². The first-order chi connectivity index (χ1) is 7.24. The molecule has 0 heterocycles. The van der Waals surface area contributed by atoms with E-state index in [0.29, 0.717) is 6.42 Å². The molecular formula is C12H22O3. The zero-order valence-corrected chi connectivity index (χ0v) is 9.83. The number of hydrogen-bond acceptors (Lipinski definition) is 3. The molecule has 0 fully saturated rings. The van der Waals surface area contributed by atoms with Crippen LogP contribution in [-0.2, 0) is 14.3 Å². The third-order valence-corrected chi connectivity index (χ3v) is 2.55. The summed E-state index contributed by atoms with van der Waals surface area (Å²) in [6, 6.07) is 0. The fourth-order valence-electron chi connectivity index (χ4n) is 1.55. The molecule has 0 amide bonds. The van der Waals surface area contributed by atoms with Crippen molar-refractivity contribution in [2.45, 2.75) is 51.9 Å². The van der Waals surface area contributed by atoms with E-state index in [0.717, 1.165) is 32.0 Å². The number of ether oxygens (including phenoxy) is 1. The van der Waals surface area contributed by atoms with Crippen LogP contribution >= 0.6 is 0 Å². The highest BCUT2D eigenvalue weighted by Crippen LogP contribution is 2.14. The fraction of sp³-hybridized carbons (Fsp3) is 0.833. The van der Waals surface area contributed by atoms with Gasteiger partial charge in [0, 0.05) is 12.3 Å². The van der Waals surface area contributed by atoms with Crippen molar-refractivity contribution in [1.82, 2.24) is 0 Å². The molecule has 0 rings (SSSR count). The maximum Gasteiger partial charge on any atom is 0.305 e. The van der Waals surface area contributed by atoms with Crippen LogP contribution in [0.15, 0.2) is 0 Å². The Labute approximate surface area is 92.2 Å². The molecule has 0 aliphatic heterocycles. The first-order valence-electron chi connectivity index (χ1n) is 5.76. The summed E-state index contributed by atoms with van der Waals surface area (Å²) in [5.74, 6) is -0.0607. The van der Waals surface area contributed by atoms with Gasteiger partial charge in [-0.3, -0.25) is 4.79 Å². The highest BCUT2D eigenvalue weighted by Gasteiger charge is 2.08. The summed E-state index contributed by atoms with van der Waals surface area (Å²) in [6.07, 6.45) is 7.43. The number of rotatable bonds is 9. The number of hydrogen-bond donors (Lipinski definition) is 0. The van der Waals surface area contributed by atoms with Gasteiger partial charge in [-0.2, -0.15) is 0 Å². The molecule has 3 heteroatoms. The number of carbonyl (C=O) groups excluding carboxylic acids is 2. The Balaban J connectivity index is 3.52. The molecule has 88 valence electrons. The lowest BCUT2D eigenvalue weighted by atomic mass is 9.97. The second-order valence-corrected chi connectivity index (χ2v) is 3.86. The van der Waals surface area contributed by atoms with Crippen molar-refractivity contribution < 1.29 is 14.3 Å².